The second-order valence-electron chi connectivity index (χ2n) is 15.2. The maximum atomic E-state index is 11.0. The fourth-order valence-corrected chi connectivity index (χ4v) is 9.68. The van der Waals surface area contributed by atoms with Crippen LogP contribution >= 0.6 is 0 Å². The molecule has 0 saturated heterocycles. The molecule has 0 spiro atoms. The van der Waals surface area contributed by atoms with Crippen molar-refractivity contribution in [3.8, 4) is 0 Å². The Labute approximate surface area is 216 Å². The first-order valence-electron chi connectivity index (χ1n) is 14.7. The van der Waals surface area contributed by atoms with Gasteiger partial charge in [-0.3, -0.25) is 4.79 Å². The van der Waals surface area contributed by atoms with E-state index >= 15 is 0 Å². The van der Waals surface area contributed by atoms with Gasteiger partial charge in [-0.1, -0.05) is 26.8 Å². The Hall–Kier alpha value is -0.670. The van der Waals surface area contributed by atoms with Crippen LogP contribution in [0.5, 0.6) is 0 Å². The van der Waals surface area contributed by atoms with Gasteiger partial charge in [0.05, 0.1) is 23.4 Å². The second kappa shape index (κ2) is 9.57. The molecule has 0 N–H and O–H groups in total. The number of rotatable bonds is 5. The molecule has 0 heterocycles. The van der Waals surface area contributed by atoms with Crippen LogP contribution in [0, 0.1) is 46.3 Å². The Morgan fingerprint density at radius 3 is 2.06 bits per heavy atom. The van der Waals surface area contributed by atoms with Crippen LogP contribution in [0.4, 0.5) is 0 Å². The summed E-state index contributed by atoms with van der Waals surface area (Å²) in [6, 6.07) is 0. The molecule has 200 valence electrons. The van der Waals surface area contributed by atoms with E-state index in [1.807, 2.05) is 0 Å². The van der Waals surface area contributed by atoms with Crippen molar-refractivity contribution < 1.29 is 14.3 Å². The van der Waals surface area contributed by atoms with Gasteiger partial charge >= 0.3 is 0 Å². The third kappa shape index (κ3) is 5.33. The lowest BCUT2D eigenvalue weighted by Gasteiger charge is -2.63. The van der Waals surface area contributed by atoms with Crippen LogP contribution in [-0.2, 0) is 14.3 Å². The summed E-state index contributed by atoms with van der Waals surface area (Å²) in [6.45, 7) is 20.9. The second-order valence-corrected chi connectivity index (χ2v) is 15.2. The highest BCUT2D eigenvalue weighted by Gasteiger charge is 2.63. The topological polar surface area (TPSA) is 35.5 Å². The molecular formula is C32H54O3. The monoisotopic (exact) mass is 486 g/mol. The molecule has 0 unspecified atom stereocenters. The number of carbonyl (C=O) groups excluding carboxylic acids is 1. The van der Waals surface area contributed by atoms with Gasteiger partial charge in [0, 0.05) is 0 Å². The normalized spacial score (nSPS) is 45.0. The molecule has 0 aromatic carbocycles. The quantitative estimate of drug-likeness (QED) is 0.291. The third-order valence-corrected chi connectivity index (χ3v) is 10.8. The average molecular weight is 487 g/mol. The van der Waals surface area contributed by atoms with Crippen LogP contribution in [0.15, 0.2) is 12.2 Å². The summed E-state index contributed by atoms with van der Waals surface area (Å²) in [4.78, 5) is 11.0. The van der Waals surface area contributed by atoms with Crippen molar-refractivity contribution in [3.05, 3.63) is 12.2 Å². The van der Waals surface area contributed by atoms with Gasteiger partial charge in [-0.15, -0.1) is 0 Å². The Kier molecular flexibility index (Phi) is 7.48. The summed E-state index contributed by atoms with van der Waals surface area (Å²) < 4.78 is 13.5. The third-order valence-electron chi connectivity index (χ3n) is 10.8. The van der Waals surface area contributed by atoms with Crippen LogP contribution < -0.4 is 0 Å². The summed E-state index contributed by atoms with van der Waals surface area (Å²) in [7, 11) is 0. The van der Waals surface area contributed by atoms with Crippen molar-refractivity contribution in [1.82, 2.24) is 0 Å². The van der Waals surface area contributed by atoms with Gasteiger partial charge in [-0.05, 0) is 145 Å². The first-order chi connectivity index (χ1) is 16.2. The van der Waals surface area contributed by atoms with Gasteiger partial charge in [-0.2, -0.15) is 0 Å². The molecule has 0 radical (unpaired) electrons. The van der Waals surface area contributed by atoms with Crippen LogP contribution in [0.25, 0.3) is 0 Å². The van der Waals surface area contributed by atoms with Crippen molar-refractivity contribution in [2.24, 2.45) is 46.3 Å². The fraction of sp³-hybridized carbons (Fsp3) is 0.906. The number of hydrogen-bond acceptors (Lipinski definition) is 3. The highest BCUT2D eigenvalue weighted by molar-refractivity contribution is 5.64. The zero-order valence-electron chi connectivity index (χ0n) is 24.2. The van der Waals surface area contributed by atoms with Crippen LogP contribution in [-0.4, -0.2) is 29.7 Å². The summed E-state index contributed by atoms with van der Waals surface area (Å²) in [6.07, 6.45) is 15.7. The number of fused-ring (bicyclic) bond motifs is 5. The molecule has 4 saturated carbocycles. The van der Waals surface area contributed by atoms with E-state index in [2.05, 4.69) is 68.4 Å². The zero-order valence-corrected chi connectivity index (χ0v) is 24.2. The summed E-state index contributed by atoms with van der Waals surface area (Å²) in [5.41, 5.74) is 0.520. The van der Waals surface area contributed by atoms with E-state index in [-0.39, 0.29) is 11.2 Å². The SMILES string of the molecule is C[C@H](C=CC=O)[C@H]1CC[C@H]2[C@@H]3C[C@H](OC(C)(C)C)[C@@H]4C[C@H](OC(C)(C)C)CC[C@]4(C)[C@H]3CC[C@]12C. The molecule has 3 nitrogen and oxygen atoms in total. The lowest BCUT2D eigenvalue weighted by molar-refractivity contribution is -0.219. The van der Waals surface area contributed by atoms with Crippen LogP contribution in [0.3, 0.4) is 0 Å². The molecule has 0 amide bonds. The van der Waals surface area contributed by atoms with Gasteiger partial charge in [0.2, 0.25) is 0 Å². The van der Waals surface area contributed by atoms with Gasteiger partial charge in [0.25, 0.3) is 0 Å². The van der Waals surface area contributed by atoms with Gasteiger partial charge < -0.3 is 9.47 Å². The molecule has 4 fully saturated rings. The molecule has 4 aliphatic carbocycles. The molecule has 35 heavy (non-hydrogen) atoms. The van der Waals surface area contributed by atoms with Crippen LogP contribution in [0.1, 0.15) is 114 Å². The highest BCUT2D eigenvalue weighted by Crippen LogP contribution is 2.68. The molecule has 0 bridgehead atoms. The maximum absolute atomic E-state index is 11.0. The summed E-state index contributed by atoms with van der Waals surface area (Å²) in [5.74, 6) is 4.10. The number of hydrogen-bond donors (Lipinski definition) is 0. The molecular weight excluding hydrogens is 432 g/mol. The molecule has 0 aromatic heterocycles. The molecule has 0 aromatic rings. The Balaban J connectivity index is 1.62. The van der Waals surface area contributed by atoms with E-state index in [1.165, 1.54) is 44.9 Å². The van der Waals surface area contributed by atoms with Crippen molar-refractivity contribution in [1.29, 1.82) is 0 Å². The largest absolute Gasteiger partial charge is 0.373 e. The van der Waals surface area contributed by atoms with Crippen LogP contribution in [0.2, 0.25) is 0 Å². The summed E-state index contributed by atoms with van der Waals surface area (Å²) in [5, 5.41) is 0. The molecule has 0 aliphatic heterocycles. The van der Waals surface area contributed by atoms with E-state index in [4.69, 9.17) is 9.47 Å². The zero-order chi connectivity index (χ0) is 25.8. The standard InChI is InChI=1S/C32H54O3/c1-21(11-10-18-33)24-12-13-25-23-20-28(35-30(5,6)7)27-19-22(34-29(2,3)4)14-16-32(27,9)26(23)15-17-31(24,25)8/h10-11,18,21-28H,12-17,19-20H2,1-9H3/t21-,22-,23+,24-,25+,26+,27+,28+,31-,32-/m1/s1. The lowest BCUT2D eigenvalue weighted by Crippen LogP contribution is -2.60. The Bertz CT molecular complexity index is 788. The van der Waals surface area contributed by atoms with E-state index < -0.39 is 0 Å². The molecule has 4 rings (SSSR count). The van der Waals surface area contributed by atoms with E-state index in [0.717, 1.165) is 30.5 Å². The van der Waals surface area contributed by atoms with E-state index in [1.54, 1.807) is 6.08 Å². The first-order valence-corrected chi connectivity index (χ1v) is 14.7. The lowest BCUT2D eigenvalue weighted by atomic mass is 9.43. The predicted molar refractivity (Wildman–Crippen MR) is 144 cm³/mol. The van der Waals surface area contributed by atoms with Gasteiger partial charge in [-0.25, -0.2) is 0 Å². The minimum atomic E-state index is -0.124. The van der Waals surface area contributed by atoms with Crippen molar-refractivity contribution >= 4 is 6.29 Å². The number of carbonyl (C=O) groups is 1. The summed E-state index contributed by atoms with van der Waals surface area (Å²) >= 11 is 0. The first kappa shape index (κ1) is 27.4. The van der Waals surface area contributed by atoms with Crippen molar-refractivity contribution in [2.45, 2.75) is 137 Å². The smallest absolute Gasteiger partial charge is 0.142 e. The molecule has 4 aliphatic rings. The minimum absolute atomic E-state index is 0.0868. The molecule has 3 heteroatoms. The molecule has 10 atom stereocenters. The van der Waals surface area contributed by atoms with E-state index in [9.17, 15) is 4.79 Å². The Morgan fingerprint density at radius 2 is 1.43 bits per heavy atom. The van der Waals surface area contributed by atoms with Gasteiger partial charge in [0.1, 0.15) is 6.29 Å². The van der Waals surface area contributed by atoms with Gasteiger partial charge in [0.15, 0.2) is 0 Å². The number of ether oxygens (including phenoxy) is 2. The van der Waals surface area contributed by atoms with Crippen molar-refractivity contribution in [2.75, 3.05) is 0 Å². The number of allylic oxidation sites excluding steroid dienone is 2. The maximum Gasteiger partial charge on any atom is 0.142 e. The number of aldehydes is 1. The average Bonchev–Trinajstić information content (AvgIpc) is 3.08. The highest BCUT2D eigenvalue weighted by atomic mass is 16.5. The Morgan fingerprint density at radius 1 is 0.800 bits per heavy atom. The van der Waals surface area contributed by atoms with E-state index in [0.29, 0.717) is 40.8 Å². The predicted octanol–water partition coefficient (Wildman–Crippen LogP) is 8.01. The van der Waals surface area contributed by atoms with Crippen molar-refractivity contribution in [3.63, 3.8) is 0 Å². The fourth-order valence-electron chi connectivity index (χ4n) is 9.68. The minimum Gasteiger partial charge on any atom is -0.373 e.